The Balaban J connectivity index is 1.75. The van der Waals surface area contributed by atoms with E-state index in [2.05, 4.69) is 10.4 Å². The molecule has 126 valence electrons. The van der Waals surface area contributed by atoms with Crippen LogP contribution in [-0.4, -0.2) is 52.6 Å². The molecule has 0 aromatic heterocycles. The monoisotopic (exact) mass is 356 g/mol. The zero-order chi connectivity index (χ0) is 16.4. The maximum atomic E-state index is 11.6. The average Bonchev–Trinajstić information content (AvgIpc) is 2.97. The van der Waals surface area contributed by atoms with Gasteiger partial charge in [0.15, 0.2) is 0 Å². The first kappa shape index (κ1) is 15.9. The lowest BCUT2D eigenvalue weighted by atomic mass is 9.68. The first-order valence-electron chi connectivity index (χ1n) is 8.16. The Kier molecular flexibility index (Phi) is 3.78. The van der Waals surface area contributed by atoms with Crippen LogP contribution in [-0.2, 0) is 0 Å². The van der Waals surface area contributed by atoms with Gasteiger partial charge in [-0.2, -0.15) is 0 Å². The third-order valence-electron chi connectivity index (χ3n) is 5.70. The molecule has 6 unspecified atom stereocenters. The highest BCUT2D eigenvalue weighted by molar-refractivity contribution is 6.31. The summed E-state index contributed by atoms with van der Waals surface area (Å²) < 4.78 is 0. The van der Waals surface area contributed by atoms with E-state index in [9.17, 15) is 5.11 Å². The normalized spacial score (nSPS) is 46.8. The Bertz CT molecular complexity index is 619. The van der Waals surface area contributed by atoms with Crippen molar-refractivity contribution < 1.29 is 5.11 Å². The predicted molar refractivity (Wildman–Crippen MR) is 92.4 cm³/mol. The molecule has 2 aliphatic carbocycles. The van der Waals surface area contributed by atoms with Gasteiger partial charge in [-0.05, 0) is 30.9 Å². The molecule has 2 heterocycles. The van der Waals surface area contributed by atoms with Gasteiger partial charge in [-0.25, -0.2) is 10.4 Å². The van der Waals surface area contributed by atoms with E-state index in [1.807, 2.05) is 24.2 Å². The number of hydrogen-bond acceptors (Lipinski definition) is 5. The van der Waals surface area contributed by atoms with Crippen LogP contribution >= 0.6 is 23.2 Å². The summed E-state index contributed by atoms with van der Waals surface area (Å²) in [4.78, 5) is 4.57. The molecule has 0 amide bonds. The van der Waals surface area contributed by atoms with Crippen molar-refractivity contribution >= 4 is 29.0 Å². The molecule has 0 radical (unpaired) electrons. The summed E-state index contributed by atoms with van der Waals surface area (Å²) in [5.41, 5.74) is 9.21. The first-order chi connectivity index (χ1) is 10.9. The van der Waals surface area contributed by atoms with Crippen molar-refractivity contribution in [2.75, 3.05) is 13.6 Å². The minimum Gasteiger partial charge on any atom is -0.385 e. The maximum Gasteiger partial charge on any atom is 0.149 e. The molecule has 4 rings (SSSR count). The van der Waals surface area contributed by atoms with E-state index in [-0.39, 0.29) is 29.3 Å². The number of nitrogens with two attached hydrogens (primary N) is 1. The molecule has 0 aromatic rings. The molecular weight excluding hydrogens is 335 g/mol. The van der Waals surface area contributed by atoms with Crippen molar-refractivity contribution in [2.24, 2.45) is 22.6 Å². The number of nitrogens with zero attached hydrogens (tertiary/aromatic N) is 2. The molecule has 5 nitrogen and oxygen atoms in total. The van der Waals surface area contributed by atoms with E-state index in [1.165, 1.54) is 0 Å². The van der Waals surface area contributed by atoms with Crippen LogP contribution in [0.25, 0.3) is 0 Å². The molecule has 4 N–H and O–H groups in total. The first-order valence-corrected chi connectivity index (χ1v) is 8.98. The highest BCUT2D eigenvalue weighted by atomic mass is 35.5. The number of allylic oxidation sites excluding steroid dienone is 2. The van der Waals surface area contributed by atoms with Gasteiger partial charge in [0.05, 0.1) is 12.1 Å². The second-order valence-corrected chi connectivity index (χ2v) is 8.22. The van der Waals surface area contributed by atoms with E-state index in [1.54, 1.807) is 0 Å². The quantitative estimate of drug-likeness (QED) is 0.620. The van der Waals surface area contributed by atoms with Gasteiger partial charge in [0.2, 0.25) is 0 Å². The van der Waals surface area contributed by atoms with Gasteiger partial charge in [0.1, 0.15) is 11.4 Å². The lowest BCUT2D eigenvalue weighted by molar-refractivity contribution is 0.0578. The van der Waals surface area contributed by atoms with E-state index in [0.29, 0.717) is 10.9 Å². The second-order valence-electron chi connectivity index (χ2n) is 7.17. The fraction of sp³-hybridized carbons (Fsp3) is 0.688. The van der Waals surface area contributed by atoms with Crippen molar-refractivity contribution in [2.45, 2.75) is 42.3 Å². The molecule has 4 aliphatic rings. The van der Waals surface area contributed by atoms with Gasteiger partial charge in [0.25, 0.3) is 0 Å². The van der Waals surface area contributed by atoms with Crippen LogP contribution in [0.4, 0.5) is 0 Å². The highest BCUT2D eigenvalue weighted by Crippen LogP contribution is 2.48. The minimum atomic E-state index is -1.26. The predicted octanol–water partition coefficient (Wildman–Crippen LogP) is 1.36. The van der Waals surface area contributed by atoms with Gasteiger partial charge in [-0.15, -0.1) is 11.6 Å². The number of aliphatic imine (C=N–C) groups is 1. The molecule has 0 spiro atoms. The van der Waals surface area contributed by atoms with Gasteiger partial charge in [0, 0.05) is 35.8 Å². The van der Waals surface area contributed by atoms with Gasteiger partial charge < -0.3 is 10.8 Å². The third kappa shape index (κ3) is 2.36. The molecule has 2 fully saturated rings. The van der Waals surface area contributed by atoms with Crippen LogP contribution in [0, 0.1) is 11.8 Å². The molecule has 1 saturated carbocycles. The minimum absolute atomic E-state index is 0.00398. The number of amidine groups is 1. The SMILES string of the molecule is CN1CC2C=C(Cl)C=C(C3(O)C(N)=NC4CCC(Cl)CC43)C2N1. The van der Waals surface area contributed by atoms with E-state index >= 15 is 0 Å². The Morgan fingerprint density at radius 1 is 1.48 bits per heavy atom. The summed E-state index contributed by atoms with van der Waals surface area (Å²) in [6.45, 7) is 0.845. The van der Waals surface area contributed by atoms with Crippen LogP contribution in [0.5, 0.6) is 0 Å². The molecule has 0 aromatic carbocycles. The van der Waals surface area contributed by atoms with Crippen LogP contribution in [0.15, 0.2) is 27.7 Å². The summed E-state index contributed by atoms with van der Waals surface area (Å²) in [5, 5.41) is 14.4. The molecule has 7 heteroatoms. The molecular formula is C16H22Cl2N4O. The van der Waals surface area contributed by atoms with Gasteiger partial charge in [-0.1, -0.05) is 17.7 Å². The Hall–Kier alpha value is -0.590. The molecule has 0 bridgehead atoms. The summed E-state index contributed by atoms with van der Waals surface area (Å²) in [6, 6.07) is 0.0499. The fourth-order valence-corrected chi connectivity index (χ4v) is 5.23. The van der Waals surface area contributed by atoms with Crippen LogP contribution in [0.1, 0.15) is 19.3 Å². The zero-order valence-electron chi connectivity index (χ0n) is 13.0. The Morgan fingerprint density at radius 2 is 2.26 bits per heavy atom. The van der Waals surface area contributed by atoms with Crippen LogP contribution < -0.4 is 11.2 Å². The molecule has 23 heavy (non-hydrogen) atoms. The van der Waals surface area contributed by atoms with E-state index < -0.39 is 5.60 Å². The lowest BCUT2D eigenvalue weighted by Gasteiger charge is -2.41. The highest BCUT2D eigenvalue weighted by Gasteiger charge is 2.57. The topological polar surface area (TPSA) is 73.9 Å². The average molecular weight is 357 g/mol. The van der Waals surface area contributed by atoms with Crippen molar-refractivity contribution in [1.82, 2.24) is 10.4 Å². The van der Waals surface area contributed by atoms with Crippen LogP contribution in [0.2, 0.25) is 0 Å². The van der Waals surface area contributed by atoms with Crippen molar-refractivity contribution in [3.63, 3.8) is 0 Å². The van der Waals surface area contributed by atoms with Gasteiger partial charge in [-0.3, -0.25) is 4.99 Å². The van der Waals surface area contributed by atoms with Crippen molar-refractivity contribution in [3.05, 3.63) is 22.8 Å². The molecule has 1 saturated heterocycles. The summed E-state index contributed by atoms with van der Waals surface area (Å²) >= 11 is 12.7. The number of halogens is 2. The number of hydrazine groups is 1. The Labute approximate surface area is 146 Å². The van der Waals surface area contributed by atoms with Crippen LogP contribution in [0.3, 0.4) is 0 Å². The number of nitrogens with one attached hydrogen (secondary N) is 1. The van der Waals surface area contributed by atoms with E-state index in [4.69, 9.17) is 28.9 Å². The zero-order valence-corrected chi connectivity index (χ0v) is 14.6. The lowest BCUT2D eigenvalue weighted by Crippen LogP contribution is -2.56. The standard InChI is InChI=1S/C16H22Cl2N4O/c1-22-7-8-4-10(18)6-12(14(8)21-22)16(23)11-5-9(17)2-3-13(11)20-15(16)19/h4,6,8-9,11,13-14,21,23H,2-3,5,7H2,1H3,(H2,19,20). The second kappa shape index (κ2) is 5.46. The largest absolute Gasteiger partial charge is 0.385 e. The molecule has 6 atom stereocenters. The summed E-state index contributed by atoms with van der Waals surface area (Å²) in [5.74, 6) is 0.464. The number of fused-ring (bicyclic) bond motifs is 2. The van der Waals surface area contributed by atoms with Gasteiger partial charge >= 0.3 is 0 Å². The number of aliphatic hydroxyl groups is 1. The molecule has 2 aliphatic heterocycles. The smallest absolute Gasteiger partial charge is 0.149 e. The van der Waals surface area contributed by atoms with Crippen molar-refractivity contribution in [3.8, 4) is 0 Å². The number of hydrogen-bond donors (Lipinski definition) is 3. The Morgan fingerprint density at radius 3 is 3.04 bits per heavy atom. The van der Waals surface area contributed by atoms with E-state index in [0.717, 1.165) is 31.4 Å². The third-order valence-corrected chi connectivity index (χ3v) is 6.33. The fourth-order valence-electron chi connectivity index (χ4n) is 4.63. The summed E-state index contributed by atoms with van der Waals surface area (Å²) in [7, 11) is 1.99. The number of alkyl halides is 1. The summed E-state index contributed by atoms with van der Waals surface area (Å²) in [6.07, 6.45) is 6.42. The van der Waals surface area contributed by atoms with Crippen molar-refractivity contribution in [1.29, 1.82) is 0 Å². The number of rotatable bonds is 1. The maximum absolute atomic E-state index is 11.6.